The summed E-state index contributed by atoms with van der Waals surface area (Å²) in [5.41, 5.74) is -0.129. The molecule has 1 atom stereocenters. The number of allylic oxidation sites excluding steroid dienone is 2. The predicted molar refractivity (Wildman–Crippen MR) is 88.0 cm³/mol. The van der Waals surface area contributed by atoms with Gasteiger partial charge in [0.2, 0.25) is 0 Å². The summed E-state index contributed by atoms with van der Waals surface area (Å²) in [5, 5.41) is 11.3. The molecule has 122 valence electrons. The van der Waals surface area contributed by atoms with Crippen molar-refractivity contribution < 1.29 is 19.4 Å². The lowest BCUT2D eigenvalue weighted by molar-refractivity contribution is -0.134. The van der Waals surface area contributed by atoms with Crippen LogP contribution in [0.1, 0.15) is 43.1 Å². The van der Waals surface area contributed by atoms with Gasteiger partial charge in [0.05, 0.1) is 7.11 Å². The minimum Gasteiger partial charge on any atom is -0.466 e. The summed E-state index contributed by atoms with van der Waals surface area (Å²) >= 11 is 0. The Kier molecular flexibility index (Phi) is 4.57. The van der Waals surface area contributed by atoms with Crippen LogP contribution in [0.25, 0.3) is 0 Å². The molecule has 0 aromatic heterocycles. The molecule has 1 aromatic rings. The number of ether oxygens (including phenoxy) is 1. The monoisotopic (exact) mass is 314 g/mol. The van der Waals surface area contributed by atoms with Crippen LogP contribution in [0.4, 0.5) is 0 Å². The maximum Gasteiger partial charge on any atom is 0.330 e. The summed E-state index contributed by atoms with van der Waals surface area (Å²) < 4.78 is 4.59. The first kappa shape index (κ1) is 17.2. The van der Waals surface area contributed by atoms with Crippen LogP contribution in [0.2, 0.25) is 0 Å². The lowest BCUT2D eigenvalue weighted by atomic mass is 9.62. The number of rotatable bonds is 3. The van der Waals surface area contributed by atoms with E-state index >= 15 is 0 Å². The van der Waals surface area contributed by atoms with Crippen LogP contribution in [-0.2, 0) is 15.1 Å². The zero-order valence-corrected chi connectivity index (χ0v) is 13.9. The molecule has 0 radical (unpaired) electrons. The number of carbonyl (C=O) groups excluding carboxylic acids is 2. The van der Waals surface area contributed by atoms with Gasteiger partial charge in [0.25, 0.3) is 0 Å². The molecule has 0 bridgehead atoms. The van der Waals surface area contributed by atoms with Crippen molar-refractivity contribution in [1.29, 1.82) is 0 Å². The molecule has 1 aromatic carbocycles. The van der Waals surface area contributed by atoms with Crippen LogP contribution in [0.5, 0.6) is 0 Å². The number of esters is 1. The Bertz CT molecular complexity index is 697. The highest BCUT2D eigenvalue weighted by Gasteiger charge is 2.49. The maximum atomic E-state index is 12.3. The Morgan fingerprint density at radius 2 is 1.96 bits per heavy atom. The summed E-state index contributed by atoms with van der Waals surface area (Å²) in [4.78, 5) is 23.6. The van der Waals surface area contributed by atoms with Crippen LogP contribution in [0.3, 0.4) is 0 Å². The Morgan fingerprint density at radius 3 is 2.61 bits per heavy atom. The lowest BCUT2D eigenvalue weighted by Crippen LogP contribution is -2.46. The molecule has 0 aliphatic heterocycles. The first-order chi connectivity index (χ1) is 10.7. The van der Waals surface area contributed by atoms with Gasteiger partial charge in [0, 0.05) is 23.5 Å². The van der Waals surface area contributed by atoms with Gasteiger partial charge in [-0.05, 0) is 24.1 Å². The topological polar surface area (TPSA) is 63.6 Å². The molecule has 0 heterocycles. The fourth-order valence-electron chi connectivity index (χ4n) is 2.91. The number of ketones is 1. The van der Waals surface area contributed by atoms with Gasteiger partial charge >= 0.3 is 5.97 Å². The fourth-order valence-corrected chi connectivity index (χ4v) is 2.91. The minimum absolute atomic E-state index is 0.0329. The van der Waals surface area contributed by atoms with Crippen LogP contribution in [-0.4, -0.2) is 24.0 Å². The van der Waals surface area contributed by atoms with Crippen LogP contribution < -0.4 is 0 Å². The van der Waals surface area contributed by atoms with Gasteiger partial charge in [-0.3, -0.25) is 4.79 Å². The van der Waals surface area contributed by atoms with Gasteiger partial charge < -0.3 is 9.84 Å². The largest absolute Gasteiger partial charge is 0.466 e. The van der Waals surface area contributed by atoms with E-state index in [-0.39, 0.29) is 12.2 Å². The molecule has 0 saturated heterocycles. The van der Waals surface area contributed by atoms with E-state index in [1.807, 2.05) is 19.9 Å². The molecule has 1 aliphatic rings. The summed E-state index contributed by atoms with van der Waals surface area (Å²) in [6.07, 6.45) is 4.95. The van der Waals surface area contributed by atoms with Crippen molar-refractivity contribution in [3.8, 4) is 0 Å². The molecule has 1 aliphatic carbocycles. The van der Waals surface area contributed by atoms with E-state index in [2.05, 4.69) is 4.74 Å². The molecule has 0 spiro atoms. The second kappa shape index (κ2) is 6.13. The molecule has 0 fully saturated rings. The zero-order valence-electron chi connectivity index (χ0n) is 13.9. The van der Waals surface area contributed by atoms with Crippen molar-refractivity contribution in [2.75, 3.05) is 7.11 Å². The Hall–Kier alpha value is -2.20. The third-order valence-corrected chi connectivity index (χ3v) is 4.41. The van der Waals surface area contributed by atoms with Crippen molar-refractivity contribution in [2.45, 2.75) is 32.8 Å². The van der Waals surface area contributed by atoms with Crippen molar-refractivity contribution in [3.63, 3.8) is 0 Å². The average Bonchev–Trinajstić information content (AvgIpc) is 2.50. The number of hydrogen-bond acceptors (Lipinski definition) is 4. The average molecular weight is 314 g/mol. The quantitative estimate of drug-likeness (QED) is 0.529. The van der Waals surface area contributed by atoms with E-state index in [1.54, 1.807) is 37.3 Å². The van der Waals surface area contributed by atoms with Gasteiger partial charge in [0.15, 0.2) is 5.78 Å². The van der Waals surface area contributed by atoms with Crippen LogP contribution in [0, 0.1) is 5.41 Å². The first-order valence-electron chi connectivity index (χ1n) is 7.52. The molecular weight excluding hydrogens is 292 g/mol. The van der Waals surface area contributed by atoms with E-state index in [0.717, 1.165) is 0 Å². The van der Waals surface area contributed by atoms with E-state index in [9.17, 15) is 14.7 Å². The van der Waals surface area contributed by atoms with Gasteiger partial charge in [-0.1, -0.05) is 44.2 Å². The molecule has 23 heavy (non-hydrogen) atoms. The van der Waals surface area contributed by atoms with Crippen molar-refractivity contribution in [2.24, 2.45) is 5.41 Å². The molecule has 0 saturated carbocycles. The second-order valence-corrected chi connectivity index (χ2v) is 6.54. The smallest absolute Gasteiger partial charge is 0.330 e. The fraction of sp³-hybridized carbons (Fsp3) is 0.368. The van der Waals surface area contributed by atoms with E-state index in [4.69, 9.17) is 0 Å². The Morgan fingerprint density at radius 1 is 1.30 bits per heavy atom. The molecule has 0 unspecified atom stereocenters. The zero-order chi connectivity index (χ0) is 17.3. The highest BCUT2D eigenvalue weighted by atomic mass is 16.5. The van der Waals surface area contributed by atoms with E-state index in [1.165, 1.54) is 13.2 Å². The van der Waals surface area contributed by atoms with Gasteiger partial charge in [-0.2, -0.15) is 0 Å². The number of Topliss-reactive ketones (excluding diaryl/α,β-unsaturated/α-hetero) is 1. The van der Waals surface area contributed by atoms with E-state index < -0.39 is 17.0 Å². The summed E-state index contributed by atoms with van der Waals surface area (Å²) in [6.45, 7) is 5.48. The Labute approximate surface area is 136 Å². The summed E-state index contributed by atoms with van der Waals surface area (Å²) in [7, 11) is 1.31. The van der Waals surface area contributed by atoms with Crippen molar-refractivity contribution >= 4 is 11.8 Å². The maximum absolute atomic E-state index is 12.3. The molecule has 2 rings (SSSR count). The van der Waals surface area contributed by atoms with Gasteiger partial charge in [-0.25, -0.2) is 4.79 Å². The summed E-state index contributed by atoms with van der Waals surface area (Å²) in [6, 6.07) is 7.12. The summed E-state index contributed by atoms with van der Waals surface area (Å²) in [5.74, 6) is -0.414. The molecule has 0 amide bonds. The Balaban J connectivity index is 2.49. The SMILES string of the molecule is COC(=O)/C=C(C)\C=C\[C@]1(O)c2ccccc2C(=O)CC1(C)C. The molecular formula is C19H22O4. The number of methoxy groups -OCH3 is 1. The number of benzene rings is 1. The third-order valence-electron chi connectivity index (χ3n) is 4.41. The third kappa shape index (κ3) is 3.13. The molecule has 1 N–H and O–H groups in total. The number of hydrogen-bond donors (Lipinski definition) is 1. The minimum atomic E-state index is -1.29. The lowest BCUT2D eigenvalue weighted by Gasteiger charge is -2.45. The van der Waals surface area contributed by atoms with E-state index in [0.29, 0.717) is 16.7 Å². The number of aliphatic hydroxyl groups is 1. The van der Waals surface area contributed by atoms with Gasteiger partial charge in [-0.15, -0.1) is 0 Å². The highest BCUT2D eigenvalue weighted by Crippen LogP contribution is 2.49. The number of fused-ring (bicyclic) bond motifs is 1. The normalized spacial score (nSPS) is 23.7. The standard InChI is InChI=1S/C19H22O4/c1-13(11-17(21)23-4)9-10-19(22)15-8-6-5-7-14(15)16(20)12-18(19,2)3/h5-11,22H,12H2,1-4H3/b10-9+,13-11-/t19-/m0/s1. The van der Waals surface area contributed by atoms with Crippen LogP contribution in [0.15, 0.2) is 48.1 Å². The molecule has 4 nitrogen and oxygen atoms in total. The van der Waals surface area contributed by atoms with Crippen LogP contribution >= 0.6 is 0 Å². The molecule has 4 heteroatoms. The van der Waals surface area contributed by atoms with Gasteiger partial charge in [0.1, 0.15) is 5.60 Å². The first-order valence-corrected chi connectivity index (χ1v) is 7.52. The van der Waals surface area contributed by atoms with Crippen molar-refractivity contribution in [3.05, 3.63) is 59.2 Å². The second-order valence-electron chi connectivity index (χ2n) is 6.54. The number of carbonyl (C=O) groups is 2. The predicted octanol–water partition coefficient (Wildman–Crippen LogP) is 3.16. The highest BCUT2D eigenvalue weighted by molar-refractivity contribution is 5.99. The van der Waals surface area contributed by atoms with Crippen molar-refractivity contribution in [1.82, 2.24) is 0 Å².